The van der Waals surface area contributed by atoms with E-state index in [0.29, 0.717) is 0 Å². The largest absolute Gasteiger partial charge is 0.459 e. The van der Waals surface area contributed by atoms with E-state index in [1.807, 2.05) is 48.8 Å². The highest BCUT2D eigenvalue weighted by Gasteiger charge is 2.44. The molecule has 0 spiro atoms. The van der Waals surface area contributed by atoms with Crippen LogP contribution in [0.5, 0.6) is 17.2 Å². The van der Waals surface area contributed by atoms with Crippen molar-refractivity contribution >= 4 is 23.2 Å². The topological polar surface area (TPSA) is 44.2 Å². The molecule has 2 aromatic heterocycles. The average molecular weight is 593 g/mol. The van der Waals surface area contributed by atoms with E-state index in [1.54, 1.807) is 0 Å². The Labute approximate surface area is 268 Å². The van der Waals surface area contributed by atoms with Gasteiger partial charge in [-0.25, -0.2) is 0 Å². The van der Waals surface area contributed by atoms with Crippen LogP contribution in [0.4, 0.5) is 0 Å². The molecule has 218 valence electrons. The third-order valence-electron chi connectivity index (χ3n) is 9.39. The van der Waals surface area contributed by atoms with Crippen LogP contribution in [0, 0.1) is 5.92 Å². The average Bonchev–Trinajstić information content (AvgIpc) is 3.12. The van der Waals surface area contributed by atoms with Crippen molar-refractivity contribution in [1.82, 2.24) is 9.97 Å². The fourth-order valence-electron chi connectivity index (χ4n) is 7.25. The summed E-state index contributed by atoms with van der Waals surface area (Å²) in [5.74, 6) is 3.86. The Bertz CT molecular complexity index is 2210. The van der Waals surface area contributed by atoms with Crippen LogP contribution in [0.15, 0.2) is 151 Å². The van der Waals surface area contributed by atoms with Gasteiger partial charge in [0.05, 0.1) is 11.4 Å². The molecular weight excluding hydrogens is 563 g/mol. The highest BCUT2D eigenvalue weighted by atomic mass is 16.5. The number of fused-ring (bicyclic) bond motifs is 3. The lowest BCUT2D eigenvalue weighted by molar-refractivity contribution is 0.421. The third kappa shape index (κ3) is 4.47. The molecule has 0 amide bonds. The molecule has 1 atom stereocenters. The van der Waals surface area contributed by atoms with Gasteiger partial charge >= 0.3 is 0 Å². The molecule has 1 aliphatic carbocycles. The van der Waals surface area contributed by atoms with Crippen LogP contribution in [-0.2, 0) is 0 Å². The molecule has 0 fully saturated rings. The standard InChI is InChI=1S/C41H29BN2O2/c1-26-21-32(28-10-7-12-31(23-28)35-14-3-5-20-44-35)25-39-40(26)42-33-18-17-29(24-38(33)45-36-15-8-16-37(46-39)41(36)42)27-9-6-11-30(22-27)34-13-2-4-19-43-34/h2-20,22-26H,21H2,1H3. The molecule has 46 heavy (non-hydrogen) atoms. The first-order chi connectivity index (χ1) is 22.7. The number of ether oxygens (including phenoxy) is 2. The lowest BCUT2D eigenvalue weighted by Crippen LogP contribution is -2.53. The summed E-state index contributed by atoms with van der Waals surface area (Å²) in [5, 5.41) is 0. The molecule has 9 rings (SSSR count). The number of allylic oxidation sites excluding steroid dienone is 3. The highest BCUT2D eigenvalue weighted by molar-refractivity contribution is 6.93. The molecule has 0 bridgehead atoms. The second kappa shape index (κ2) is 10.7. The monoisotopic (exact) mass is 592 g/mol. The number of nitrogens with zero attached hydrogens (tertiary/aromatic N) is 2. The molecule has 0 radical (unpaired) electrons. The molecule has 4 aromatic carbocycles. The van der Waals surface area contributed by atoms with Crippen molar-refractivity contribution in [3.63, 3.8) is 0 Å². The van der Waals surface area contributed by atoms with Crippen LogP contribution < -0.4 is 20.4 Å². The van der Waals surface area contributed by atoms with Crippen LogP contribution in [0.1, 0.15) is 18.9 Å². The van der Waals surface area contributed by atoms with Gasteiger partial charge < -0.3 is 9.47 Å². The van der Waals surface area contributed by atoms with Crippen LogP contribution in [-0.4, -0.2) is 16.7 Å². The maximum atomic E-state index is 6.69. The minimum Gasteiger partial charge on any atom is -0.459 e. The number of hydrogen-bond acceptors (Lipinski definition) is 4. The minimum absolute atomic E-state index is 0.0697. The highest BCUT2D eigenvalue weighted by Crippen LogP contribution is 2.43. The third-order valence-corrected chi connectivity index (χ3v) is 9.39. The summed E-state index contributed by atoms with van der Waals surface area (Å²) < 4.78 is 13.3. The van der Waals surface area contributed by atoms with Gasteiger partial charge in [-0.2, -0.15) is 0 Å². The van der Waals surface area contributed by atoms with Gasteiger partial charge in [-0.1, -0.05) is 73.7 Å². The van der Waals surface area contributed by atoms with Gasteiger partial charge in [0.1, 0.15) is 23.0 Å². The Hall–Kier alpha value is -5.68. The van der Waals surface area contributed by atoms with Gasteiger partial charge in [0.15, 0.2) is 0 Å². The zero-order valence-corrected chi connectivity index (χ0v) is 25.4. The Morgan fingerprint density at radius 2 is 1.22 bits per heavy atom. The van der Waals surface area contributed by atoms with Gasteiger partial charge in [-0.05, 0) is 106 Å². The molecule has 6 aromatic rings. The molecule has 0 saturated carbocycles. The summed E-state index contributed by atoms with van der Waals surface area (Å²) in [6.07, 6.45) is 6.86. The number of hydrogen-bond donors (Lipinski definition) is 0. The maximum absolute atomic E-state index is 6.69. The Morgan fingerprint density at radius 3 is 1.93 bits per heavy atom. The molecule has 2 aliphatic heterocycles. The van der Waals surface area contributed by atoms with E-state index in [0.717, 1.165) is 68.5 Å². The van der Waals surface area contributed by atoms with E-state index in [-0.39, 0.29) is 12.6 Å². The summed E-state index contributed by atoms with van der Waals surface area (Å²) in [6.45, 7) is 2.40. The smallest absolute Gasteiger partial charge is 0.256 e. The van der Waals surface area contributed by atoms with Crippen molar-refractivity contribution in [3.05, 3.63) is 157 Å². The summed E-state index contributed by atoms with van der Waals surface area (Å²) in [7, 11) is 0. The summed E-state index contributed by atoms with van der Waals surface area (Å²) in [5.41, 5.74) is 12.5. The Morgan fingerprint density at radius 1 is 0.587 bits per heavy atom. The predicted octanol–water partition coefficient (Wildman–Crippen LogP) is 8.50. The second-order valence-electron chi connectivity index (χ2n) is 12.2. The fraction of sp³-hybridized carbons (Fsp3) is 0.0732. The first-order valence-corrected chi connectivity index (χ1v) is 15.8. The molecule has 5 heteroatoms. The van der Waals surface area contributed by atoms with E-state index >= 15 is 0 Å². The number of pyridine rings is 2. The Balaban J connectivity index is 1.13. The SMILES string of the molecule is CC1CC(c2cccc(-c3ccccn3)c2)=CC2=C1B1c3ccc(-c4cccc(-c5ccccn5)c4)cc3Oc3cccc(c31)O2. The summed E-state index contributed by atoms with van der Waals surface area (Å²) in [4.78, 5) is 9.13. The van der Waals surface area contributed by atoms with Crippen molar-refractivity contribution in [2.24, 2.45) is 5.92 Å². The lowest BCUT2D eigenvalue weighted by Gasteiger charge is -2.38. The van der Waals surface area contributed by atoms with E-state index in [1.165, 1.54) is 22.1 Å². The van der Waals surface area contributed by atoms with Crippen LogP contribution in [0.2, 0.25) is 0 Å². The quantitative estimate of drug-likeness (QED) is 0.193. The second-order valence-corrected chi connectivity index (χ2v) is 12.2. The molecule has 3 aliphatic rings. The fourth-order valence-corrected chi connectivity index (χ4v) is 7.25. The molecular formula is C41H29BN2O2. The van der Waals surface area contributed by atoms with Crippen LogP contribution in [0.25, 0.3) is 39.2 Å². The zero-order chi connectivity index (χ0) is 30.6. The lowest BCUT2D eigenvalue weighted by atomic mass is 9.32. The number of benzene rings is 4. The van der Waals surface area contributed by atoms with Gasteiger partial charge in [0.25, 0.3) is 6.71 Å². The van der Waals surface area contributed by atoms with Crippen molar-refractivity contribution in [1.29, 1.82) is 0 Å². The Kier molecular flexibility index (Phi) is 6.24. The molecule has 4 heterocycles. The first-order valence-electron chi connectivity index (χ1n) is 15.8. The predicted molar refractivity (Wildman–Crippen MR) is 186 cm³/mol. The van der Waals surface area contributed by atoms with E-state index in [2.05, 4.69) is 108 Å². The van der Waals surface area contributed by atoms with Gasteiger partial charge in [-0.15, -0.1) is 0 Å². The molecule has 0 saturated heterocycles. The number of rotatable bonds is 4. The van der Waals surface area contributed by atoms with Crippen LogP contribution >= 0.6 is 0 Å². The van der Waals surface area contributed by atoms with Crippen LogP contribution in [0.3, 0.4) is 0 Å². The van der Waals surface area contributed by atoms with Crippen molar-refractivity contribution < 1.29 is 9.47 Å². The van der Waals surface area contributed by atoms with Gasteiger partial charge in [-0.3, -0.25) is 9.97 Å². The van der Waals surface area contributed by atoms with E-state index in [9.17, 15) is 0 Å². The van der Waals surface area contributed by atoms with Gasteiger partial charge in [0.2, 0.25) is 0 Å². The number of aromatic nitrogens is 2. The first kappa shape index (κ1) is 26.7. The molecule has 0 N–H and O–H groups in total. The van der Waals surface area contributed by atoms with E-state index < -0.39 is 0 Å². The zero-order valence-electron chi connectivity index (χ0n) is 25.4. The molecule has 4 nitrogen and oxygen atoms in total. The van der Waals surface area contributed by atoms with Crippen molar-refractivity contribution in [2.75, 3.05) is 0 Å². The summed E-state index contributed by atoms with van der Waals surface area (Å²) in [6, 6.07) is 42.1. The van der Waals surface area contributed by atoms with Gasteiger partial charge in [0, 0.05) is 29.0 Å². The maximum Gasteiger partial charge on any atom is 0.256 e. The minimum atomic E-state index is 0.0697. The van der Waals surface area contributed by atoms with Crippen molar-refractivity contribution in [3.8, 4) is 50.9 Å². The van der Waals surface area contributed by atoms with Crippen molar-refractivity contribution in [2.45, 2.75) is 13.3 Å². The normalized spacial score (nSPS) is 16.0. The summed E-state index contributed by atoms with van der Waals surface area (Å²) >= 11 is 0. The van der Waals surface area contributed by atoms with E-state index in [4.69, 9.17) is 9.47 Å². The molecule has 1 unspecified atom stereocenters.